The molecule has 0 amide bonds. The smallest absolute Gasteiger partial charge is 0.433 e. The van der Waals surface area contributed by atoms with E-state index in [9.17, 15) is 9.59 Å². The number of nitrogens with zero attached hydrogens (tertiary/aromatic N) is 2. The first-order valence-corrected chi connectivity index (χ1v) is 2.63. The number of hydrogen-bond donors (Lipinski definition) is 2. The van der Waals surface area contributed by atoms with Crippen LogP contribution in [0, 0.1) is 0 Å². The molecule has 0 radical (unpaired) electrons. The second kappa shape index (κ2) is 2.41. The summed E-state index contributed by atoms with van der Waals surface area (Å²) in [7, 11) is 0. The zero-order chi connectivity index (χ0) is 8.43. The lowest BCUT2D eigenvalue weighted by Crippen LogP contribution is -2.16. The van der Waals surface area contributed by atoms with Gasteiger partial charge in [-0.1, -0.05) is 0 Å². The summed E-state index contributed by atoms with van der Waals surface area (Å²) >= 11 is 0. The minimum Gasteiger partial charge on any atom is -0.477 e. The molecule has 0 unspecified atom stereocenters. The lowest BCUT2D eigenvalue weighted by atomic mass is 10.4. The number of carboxylic acids is 1. The van der Waals surface area contributed by atoms with Gasteiger partial charge in [-0.05, 0) is 6.07 Å². The summed E-state index contributed by atoms with van der Waals surface area (Å²) in [6.07, 6.45) is -0.301. The van der Waals surface area contributed by atoms with Gasteiger partial charge in [0.2, 0.25) is 0 Å². The maximum atomic E-state index is 10.3. The Hall–Kier alpha value is -1.85. The van der Waals surface area contributed by atoms with Crippen molar-refractivity contribution >= 4 is 12.1 Å². The second-order valence-corrected chi connectivity index (χ2v) is 1.72. The number of rotatable bonds is 1. The molecule has 1 aromatic heterocycles. The second-order valence-electron chi connectivity index (χ2n) is 1.72. The van der Waals surface area contributed by atoms with Crippen molar-refractivity contribution < 1.29 is 19.8 Å². The SMILES string of the molecule is O=C(O)c1ccnn1C(=O)O. The van der Waals surface area contributed by atoms with Gasteiger partial charge in [-0.2, -0.15) is 9.78 Å². The van der Waals surface area contributed by atoms with Crippen molar-refractivity contribution in [2.75, 3.05) is 0 Å². The first kappa shape index (κ1) is 7.26. The van der Waals surface area contributed by atoms with Gasteiger partial charge in [-0.3, -0.25) is 0 Å². The molecule has 1 rings (SSSR count). The lowest BCUT2D eigenvalue weighted by Gasteiger charge is -1.93. The molecule has 6 nitrogen and oxygen atoms in total. The van der Waals surface area contributed by atoms with Gasteiger partial charge in [0.1, 0.15) is 0 Å². The summed E-state index contributed by atoms with van der Waals surface area (Å²) < 4.78 is 0.391. The molecular formula is C5H4N2O4. The van der Waals surface area contributed by atoms with Crippen molar-refractivity contribution in [3.05, 3.63) is 18.0 Å². The Morgan fingerprint density at radius 1 is 1.45 bits per heavy atom. The molecule has 58 valence electrons. The fourth-order valence-electron chi connectivity index (χ4n) is 0.618. The molecule has 0 spiro atoms. The van der Waals surface area contributed by atoms with Crippen LogP contribution in [0.15, 0.2) is 12.3 Å². The average Bonchev–Trinajstić information content (AvgIpc) is 2.32. The Kier molecular flexibility index (Phi) is 1.59. The van der Waals surface area contributed by atoms with Crippen LogP contribution in [0.1, 0.15) is 10.5 Å². The number of aromatic nitrogens is 2. The topological polar surface area (TPSA) is 92.4 Å². The highest BCUT2D eigenvalue weighted by Gasteiger charge is 2.14. The van der Waals surface area contributed by atoms with Crippen LogP contribution in [-0.2, 0) is 0 Å². The molecule has 6 heteroatoms. The normalized spacial score (nSPS) is 9.45. The summed E-state index contributed by atoms with van der Waals surface area (Å²) in [6, 6.07) is 1.11. The van der Waals surface area contributed by atoms with Crippen molar-refractivity contribution in [2.45, 2.75) is 0 Å². The minimum absolute atomic E-state index is 0.363. The third-order valence-electron chi connectivity index (χ3n) is 1.04. The molecule has 0 bridgehead atoms. The summed E-state index contributed by atoms with van der Waals surface area (Å²) in [5.41, 5.74) is -0.363. The molecule has 0 saturated carbocycles. The zero-order valence-electron chi connectivity index (χ0n) is 5.26. The van der Waals surface area contributed by atoms with Gasteiger partial charge in [-0.25, -0.2) is 9.59 Å². The fourth-order valence-corrected chi connectivity index (χ4v) is 0.618. The number of hydrogen-bond acceptors (Lipinski definition) is 3. The molecule has 0 aromatic carbocycles. The van der Waals surface area contributed by atoms with Gasteiger partial charge in [0.05, 0.1) is 6.20 Å². The van der Waals surface area contributed by atoms with Gasteiger partial charge in [0.15, 0.2) is 5.69 Å². The van der Waals surface area contributed by atoms with Crippen LogP contribution in [0.4, 0.5) is 4.79 Å². The van der Waals surface area contributed by atoms with E-state index in [4.69, 9.17) is 10.2 Å². The standard InChI is InChI=1S/C5H4N2O4/c8-4(9)3-1-2-6-7(3)5(10)11/h1-2H,(H,8,9)(H,10,11). The summed E-state index contributed by atoms with van der Waals surface area (Å²) in [6.45, 7) is 0. The van der Waals surface area contributed by atoms with Gasteiger partial charge < -0.3 is 10.2 Å². The van der Waals surface area contributed by atoms with E-state index >= 15 is 0 Å². The molecule has 2 N–H and O–H groups in total. The monoisotopic (exact) mass is 156 g/mol. The van der Waals surface area contributed by atoms with E-state index in [0.717, 1.165) is 12.3 Å². The highest BCUT2D eigenvalue weighted by Crippen LogP contribution is 1.97. The highest BCUT2D eigenvalue weighted by molar-refractivity contribution is 5.89. The average molecular weight is 156 g/mol. The van der Waals surface area contributed by atoms with E-state index in [2.05, 4.69) is 5.10 Å². The maximum Gasteiger partial charge on any atom is 0.433 e. The summed E-state index contributed by atoms with van der Waals surface area (Å²) in [4.78, 5) is 20.5. The van der Waals surface area contributed by atoms with Crippen molar-refractivity contribution in [2.24, 2.45) is 0 Å². The molecule has 0 saturated heterocycles. The van der Waals surface area contributed by atoms with Gasteiger partial charge in [0.25, 0.3) is 0 Å². The molecule has 0 atom stereocenters. The molecule has 0 aliphatic rings. The highest BCUT2D eigenvalue weighted by atomic mass is 16.4. The zero-order valence-corrected chi connectivity index (χ0v) is 5.26. The third kappa shape index (κ3) is 1.18. The van der Waals surface area contributed by atoms with Crippen LogP contribution in [0.5, 0.6) is 0 Å². The third-order valence-corrected chi connectivity index (χ3v) is 1.04. The van der Waals surface area contributed by atoms with E-state index in [1.807, 2.05) is 0 Å². The van der Waals surface area contributed by atoms with Crippen LogP contribution in [0.2, 0.25) is 0 Å². The van der Waals surface area contributed by atoms with Gasteiger partial charge >= 0.3 is 12.1 Å². The Bertz CT molecular complexity index is 275. The van der Waals surface area contributed by atoms with Crippen molar-refractivity contribution in [3.63, 3.8) is 0 Å². The van der Waals surface area contributed by atoms with Crippen LogP contribution in [0.25, 0.3) is 0 Å². The Balaban J connectivity index is 3.16. The van der Waals surface area contributed by atoms with Gasteiger partial charge in [-0.15, -0.1) is 0 Å². The predicted octanol–water partition coefficient (Wildman–Crippen LogP) is 0.107. The maximum absolute atomic E-state index is 10.3. The number of aromatic carboxylic acids is 1. The molecule has 0 fully saturated rings. The van der Waals surface area contributed by atoms with E-state index in [-0.39, 0.29) is 5.69 Å². The molecule has 1 heterocycles. The Morgan fingerprint density at radius 2 is 2.09 bits per heavy atom. The molecule has 1 aromatic rings. The Morgan fingerprint density at radius 3 is 2.45 bits per heavy atom. The van der Waals surface area contributed by atoms with Crippen LogP contribution in [-0.4, -0.2) is 32.1 Å². The number of carboxylic acid groups (broad SMARTS) is 2. The van der Waals surface area contributed by atoms with Crippen molar-refractivity contribution in [1.29, 1.82) is 0 Å². The Labute approximate surface area is 60.7 Å². The molecule has 0 aliphatic carbocycles. The molecule has 11 heavy (non-hydrogen) atoms. The summed E-state index contributed by atoms with van der Waals surface area (Å²) in [5.74, 6) is -1.31. The lowest BCUT2D eigenvalue weighted by molar-refractivity contribution is 0.0682. The van der Waals surface area contributed by atoms with Crippen LogP contribution < -0.4 is 0 Å². The van der Waals surface area contributed by atoms with Crippen LogP contribution in [0.3, 0.4) is 0 Å². The largest absolute Gasteiger partial charge is 0.477 e. The first-order valence-electron chi connectivity index (χ1n) is 2.63. The van der Waals surface area contributed by atoms with Crippen molar-refractivity contribution in [1.82, 2.24) is 9.78 Å². The number of carbonyl (C=O) groups is 2. The predicted molar refractivity (Wildman–Crippen MR) is 32.6 cm³/mol. The van der Waals surface area contributed by atoms with E-state index in [0.29, 0.717) is 4.68 Å². The molecular weight excluding hydrogens is 152 g/mol. The van der Waals surface area contributed by atoms with E-state index in [1.54, 1.807) is 0 Å². The molecule has 0 aliphatic heterocycles. The van der Waals surface area contributed by atoms with E-state index in [1.165, 1.54) is 0 Å². The summed E-state index contributed by atoms with van der Waals surface area (Å²) in [5, 5.41) is 20.0. The minimum atomic E-state index is -1.41. The van der Waals surface area contributed by atoms with E-state index < -0.39 is 12.1 Å². The van der Waals surface area contributed by atoms with Crippen LogP contribution >= 0.6 is 0 Å². The quantitative estimate of drug-likeness (QED) is 0.601. The van der Waals surface area contributed by atoms with Gasteiger partial charge in [0, 0.05) is 0 Å². The van der Waals surface area contributed by atoms with Crippen molar-refractivity contribution in [3.8, 4) is 0 Å². The first-order chi connectivity index (χ1) is 5.13. The fraction of sp³-hybridized carbons (Fsp3) is 0.